The Kier molecular flexibility index (Phi) is 5.38. The van der Waals surface area contributed by atoms with E-state index in [0.717, 1.165) is 31.6 Å². The van der Waals surface area contributed by atoms with Crippen molar-refractivity contribution in [3.63, 3.8) is 0 Å². The van der Waals surface area contributed by atoms with Crippen LogP contribution in [0.4, 0.5) is 11.4 Å². The molecule has 28 heavy (non-hydrogen) atoms. The number of carbonyl (C=O) groups is 1. The van der Waals surface area contributed by atoms with Crippen molar-refractivity contribution in [2.24, 2.45) is 0 Å². The van der Waals surface area contributed by atoms with Gasteiger partial charge in [-0.2, -0.15) is 4.31 Å². The minimum absolute atomic E-state index is 0.159. The van der Waals surface area contributed by atoms with Crippen LogP contribution >= 0.6 is 0 Å². The number of hydrogen-bond acceptors (Lipinski definition) is 6. The molecule has 1 aromatic heterocycles. The number of anilines is 2. The lowest BCUT2D eigenvalue weighted by atomic mass is 10.2. The Balaban J connectivity index is 1.68. The zero-order valence-electron chi connectivity index (χ0n) is 15.5. The summed E-state index contributed by atoms with van der Waals surface area (Å²) < 4.78 is 37.9. The molecule has 2 fully saturated rings. The van der Waals surface area contributed by atoms with Crippen molar-refractivity contribution >= 4 is 27.3 Å². The smallest absolute Gasteiger partial charge is 0.291 e. The summed E-state index contributed by atoms with van der Waals surface area (Å²) in [5, 5.41) is 2.82. The maximum Gasteiger partial charge on any atom is 0.291 e. The summed E-state index contributed by atoms with van der Waals surface area (Å²) in [7, 11) is -3.65. The van der Waals surface area contributed by atoms with Crippen LogP contribution in [0, 0.1) is 0 Å². The van der Waals surface area contributed by atoms with Gasteiger partial charge in [0, 0.05) is 26.2 Å². The molecule has 4 rings (SSSR count). The van der Waals surface area contributed by atoms with E-state index in [9.17, 15) is 13.2 Å². The molecule has 0 atom stereocenters. The van der Waals surface area contributed by atoms with Crippen LogP contribution in [0.15, 0.2) is 45.9 Å². The SMILES string of the molecule is O=C(Nc1cc(S(=O)(=O)N2CCOCC2)ccc1N1CCCC1)c1ccco1. The number of nitrogens with zero attached hydrogens (tertiary/aromatic N) is 2. The van der Waals surface area contributed by atoms with Crippen molar-refractivity contribution in [2.75, 3.05) is 49.6 Å². The summed E-state index contributed by atoms with van der Waals surface area (Å²) in [6.07, 6.45) is 3.56. The van der Waals surface area contributed by atoms with Crippen molar-refractivity contribution < 1.29 is 22.4 Å². The number of benzene rings is 1. The fourth-order valence-corrected chi connectivity index (χ4v) is 4.97. The molecule has 3 heterocycles. The van der Waals surface area contributed by atoms with Crippen LogP contribution in [-0.4, -0.2) is 58.0 Å². The standard InChI is InChI=1S/C19H23N3O5S/c23-19(18-4-3-11-27-18)20-16-14-15(5-6-17(16)21-7-1-2-8-21)28(24,25)22-9-12-26-13-10-22/h3-6,11,14H,1-2,7-10,12-13H2,(H,20,23). The van der Waals surface area contributed by atoms with Gasteiger partial charge in [-0.05, 0) is 43.2 Å². The fraction of sp³-hybridized carbons (Fsp3) is 0.421. The molecule has 1 aromatic carbocycles. The number of carbonyl (C=O) groups excluding carboxylic acids is 1. The number of hydrogen-bond donors (Lipinski definition) is 1. The second-order valence-electron chi connectivity index (χ2n) is 6.82. The molecule has 1 N–H and O–H groups in total. The lowest BCUT2D eigenvalue weighted by Gasteiger charge is -2.27. The molecular weight excluding hydrogens is 382 g/mol. The van der Waals surface area contributed by atoms with Crippen LogP contribution in [0.2, 0.25) is 0 Å². The van der Waals surface area contributed by atoms with E-state index in [-0.39, 0.29) is 10.7 Å². The molecule has 8 nitrogen and oxygen atoms in total. The first kappa shape index (κ1) is 19.0. The molecular formula is C19H23N3O5S. The Morgan fingerprint density at radius 2 is 1.79 bits per heavy atom. The molecule has 0 saturated carbocycles. The van der Waals surface area contributed by atoms with E-state index >= 15 is 0 Å². The monoisotopic (exact) mass is 405 g/mol. The van der Waals surface area contributed by atoms with Crippen molar-refractivity contribution in [1.82, 2.24) is 4.31 Å². The van der Waals surface area contributed by atoms with Gasteiger partial charge in [0.15, 0.2) is 5.76 Å². The number of nitrogens with one attached hydrogen (secondary N) is 1. The van der Waals surface area contributed by atoms with Gasteiger partial charge in [-0.15, -0.1) is 0 Å². The van der Waals surface area contributed by atoms with Gasteiger partial charge in [-0.25, -0.2) is 8.42 Å². The molecule has 2 aromatic rings. The Bertz CT molecular complexity index is 930. The van der Waals surface area contributed by atoms with Crippen molar-refractivity contribution in [2.45, 2.75) is 17.7 Å². The van der Waals surface area contributed by atoms with Gasteiger partial charge >= 0.3 is 0 Å². The van der Waals surface area contributed by atoms with Crippen molar-refractivity contribution in [3.8, 4) is 0 Å². The third-order valence-electron chi connectivity index (χ3n) is 5.02. The third kappa shape index (κ3) is 3.78. The number of morpholine rings is 1. The molecule has 9 heteroatoms. The van der Waals surface area contributed by atoms with Gasteiger partial charge in [0.25, 0.3) is 5.91 Å². The Morgan fingerprint density at radius 1 is 1.04 bits per heavy atom. The summed E-state index contributed by atoms with van der Waals surface area (Å²) in [5.74, 6) is -0.236. The van der Waals surface area contributed by atoms with E-state index in [0.29, 0.717) is 32.0 Å². The van der Waals surface area contributed by atoms with Crippen LogP contribution in [0.25, 0.3) is 0 Å². The van der Waals surface area contributed by atoms with Crippen LogP contribution in [0.1, 0.15) is 23.4 Å². The minimum Gasteiger partial charge on any atom is -0.459 e. The largest absolute Gasteiger partial charge is 0.459 e. The topological polar surface area (TPSA) is 92.1 Å². The van der Waals surface area contributed by atoms with Crippen molar-refractivity contribution in [3.05, 3.63) is 42.4 Å². The molecule has 150 valence electrons. The molecule has 0 bridgehead atoms. The first-order chi connectivity index (χ1) is 13.6. The average Bonchev–Trinajstić information content (AvgIpc) is 3.43. The third-order valence-corrected chi connectivity index (χ3v) is 6.91. The Morgan fingerprint density at radius 3 is 2.46 bits per heavy atom. The van der Waals surface area contributed by atoms with E-state index in [1.165, 1.54) is 10.6 Å². The van der Waals surface area contributed by atoms with Gasteiger partial charge in [0.05, 0.1) is 35.7 Å². The van der Waals surface area contributed by atoms with Gasteiger partial charge in [0.1, 0.15) is 0 Å². The zero-order chi connectivity index (χ0) is 19.6. The molecule has 0 unspecified atom stereocenters. The fourth-order valence-electron chi connectivity index (χ4n) is 3.54. The number of ether oxygens (including phenoxy) is 1. The predicted molar refractivity (Wildman–Crippen MR) is 104 cm³/mol. The van der Waals surface area contributed by atoms with Crippen LogP contribution in [0.5, 0.6) is 0 Å². The van der Waals surface area contributed by atoms with Crippen LogP contribution in [0.3, 0.4) is 0 Å². The lowest BCUT2D eigenvalue weighted by Crippen LogP contribution is -2.40. The van der Waals surface area contributed by atoms with E-state index < -0.39 is 15.9 Å². The van der Waals surface area contributed by atoms with E-state index in [2.05, 4.69) is 10.2 Å². The number of amides is 1. The molecule has 0 aliphatic carbocycles. The Labute approximate surface area is 164 Å². The molecule has 2 saturated heterocycles. The normalized spacial score (nSPS) is 18.4. The zero-order valence-corrected chi connectivity index (χ0v) is 16.3. The average molecular weight is 405 g/mol. The first-order valence-electron chi connectivity index (χ1n) is 9.37. The molecule has 2 aliphatic rings. The highest BCUT2D eigenvalue weighted by Crippen LogP contribution is 2.33. The van der Waals surface area contributed by atoms with Crippen molar-refractivity contribution in [1.29, 1.82) is 0 Å². The molecule has 1 amide bonds. The van der Waals surface area contributed by atoms with E-state index in [4.69, 9.17) is 9.15 Å². The number of sulfonamides is 1. The molecule has 0 radical (unpaired) electrons. The molecule has 2 aliphatic heterocycles. The highest BCUT2D eigenvalue weighted by molar-refractivity contribution is 7.89. The van der Waals surface area contributed by atoms with E-state index in [1.807, 2.05) is 0 Å². The number of rotatable bonds is 5. The van der Waals surface area contributed by atoms with Gasteiger partial charge in [-0.3, -0.25) is 4.79 Å². The van der Waals surface area contributed by atoms with Gasteiger partial charge in [-0.1, -0.05) is 0 Å². The van der Waals surface area contributed by atoms with E-state index in [1.54, 1.807) is 30.3 Å². The predicted octanol–water partition coefficient (Wildman–Crippen LogP) is 2.15. The second kappa shape index (κ2) is 7.94. The Hall–Kier alpha value is -2.36. The van der Waals surface area contributed by atoms with Gasteiger partial charge in [0.2, 0.25) is 10.0 Å². The lowest BCUT2D eigenvalue weighted by molar-refractivity contribution is 0.0730. The maximum atomic E-state index is 13.0. The summed E-state index contributed by atoms with van der Waals surface area (Å²) in [6, 6.07) is 8.13. The minimum atomic E-state index is -3.65. The summed E-state index contributed by atoms with van der Waals surface area (Å²) in [6.45, 7) is 3.16. The summed E-state index contributed by atoms with van der Waals surface area (Å²) >= 11 is 0. The molecule has 0 spiro atoms. The first-order valence-corrected chi connectivity index (χ1v) is 10.8. The maximum absolute atomic E-state index is 13.0. The summed E-state index contributed by atoms with van der Waals surface area (Å²) in [4.78, 5) is 14.8. The quantitative estimate of drug-likeness (QED) is 0.820. The van der Waals surface area contributed by atoms with Crippen LogP contribution in [-0.2, 0) is 14.8 Å². The van der Waals surface area contributed by atoms with Crippen LogP contribution < -0.4 is 10.2 Å². The second-order valence-corrected chi connectivity index (χ2v) is 8.76. The van der Waals surface area contributed by atoms with Gasteiger partial charge < -0.3 is 19.4 Å². The summed E-state index contributed by atoms with van der Waals surface area (Å²) in [5.41, 5.74) is 1.29. The highest BCUT2D eigenvalue weighted by Gasteiger charge is 2.28. The number of furan rings is 1. The highest BCUT2D eigenvalue weighted by atomic mass is 32.2.